The Hall–Kier alpha value is -1.69. The second-order valence-corrected chi connectivity index (χ2v) is 6.19. The van der Waals surface area contributed by atoms with E-state index in [-0.39, 0.29) is 5.75 Å². The summed E-state index contributed by atoms with van der Waals surface area (Å²) in [6.07, 6.45) is 3.13. The van der Waals surface area contributed by atoms with E-state index in [2.05, 4.69) is 21.2 Å². The molecule has 0 heterocycles. The van der Waals surface area contributed by atoms with Gasteiger partial charge < -0.3 is 19.9 Å². The highest BCUT2D eigenvalue weighted by molar-refractivity contribution is 9.10. The summed E-state index contributed by atoms with van der Waals surface area (Å²) < 4.78 is 10.7. The van der Waals surface area contributed by atoms with E-state index >= 15 is 0 Å². The number of rotatable bonds is 4. The Morgan fingerprint density at radius 2 is 2.10 bits per heavy atom. The van der Waals surface area contributed by atoms with Gasteiger partial charge in [0.25, 0.3) is 0 Å². The Kier molecular flexibility index (Phi) is 6.08. The number of carbonyl (C=O) groups is 1. The van der Waals surface area contributed by atoms with Gasteiger partial charge in [0.05, 0.1) is 11.6 Å². The highest BCUT2D eigenvalue weighted by atomic mass is 79.9. The molecule has 0 saturated heterocycles. The van der Waals surface area contributed by atoms with Crippen LogP contribution in [-0.2, 0) is 4.74 Å². The van der Waals surface area contributed by atoms with Crippen LogP contribution in [-0.4, -0.2) is 30.5 Å². The summed E-state index contributed by atoms with van der Waals surface area (Å²) in [5.74, 6) is 0.436. The molecule has 0 spiro atoms. The van der Waals surface area contributed by atoms with Crippen LogP contribution in [0.1, 0.15) is 26.3 Å². The zero-order chi connectivity index (χ0) is 16.0. The molecule has 0 aliphatic carbocycles. The van der Waals surface area contributed by atoms with Gasteiger partial charge in [-0.3, -0.25) is 0 Å². The first-order valence-electron chi connectivity index (χ1n) is 6.43. The predicted molar refractivity (Wildman–Crippen MR) is 85.6 cm³/mol. The number of aromatic hydroxyl groups is 1. The number of nitrogens with one attached hydrogen (secondary N) is 1. The van der Waals surface area contributed by atoms with Gasteiger partial charge in [-0.25, -0.2) is 4.79 Å². The molecular formula is C15H20BrNO4. The fourth-order valence-corrected chi connectivity index (χ4v) is 1.96. The van der Waals surface area contributed by atoms with E-state index in [9.17, 15) is 9.90 Å². The molecular weight excluding hydrogens is 338 g/mol. The van der Waals surface area contributed by atoms with Crippen molar-refractivity contribution in [1.29, 1.82) is 0 Å². The van der Waals surface area contributed by atoms with E-state index in [1.54, 1.807) is 18.2 Å². The van der Waals surface area contributed by atoms with Crippen molar-refractivity contribution in [3.05, 3.63) is 28.2 Å². The van der Waals surface area contributed by atoms with Gasteiger partial charge in [0, 0.05) is 6.54 Å². The number of ether oxygens (including phenoxy) is 2. The zero-order valence-corrected chi connectivity index (χ0v) is 14.2. The van der Waals surface area contributed by atoms with Crippen molar-refractivity contribution in [2.24, 2.45) is 0 Å². The lowest BCUT2D eigenvalue weighted by atomic mass is 10.2. The minimum absolute atomic E-state index is 0.0570. The molecule has 116 valence electrons. The molecule has 0 aliphatic rings. The summed E-state index contributed by atoms with van der Waals surface area (Å²) in [4.78, 5) is 11.4. The van der Waals surface area contributed by atoms with Gasteiger partial charge in [-0.2, -0.15) is 0 Å². The molecule has 5 nitrogen and oxygen atoms in total. The van der Waals surface area contributed by atoms with E-state index in [1.807, 2.05) is 26.8 Å². The molecule has 0 unspecified atom stereocenters. The lowest BCUT2D eigenvalue weighted by Gasteiger charge is -2.19. The number of methoxy groups -OCH3 is 1. The van der Waals surface area contributed by atoms with E-state index in [0.717, 1.165) is 5.56 Å². The average Bonchev–Trinajstić information content (AvgIpc) is 2.36. The smallest absolute Gasteiger partial charge is 0.407 e. The van der Waals surface area contributed by atoms with Crippen molar-refractivity contribution in [3.8, 4) is 11.5 Å². The number of carbonyl (C=O) groups excluding carboxylic acids is 1. The molecule has 1 aromatic carbocycles. The number of phenols is 1. The molecule has 6 heteroatoms. The number of phenolic OH excluding ortho intramolecular Hbond substituents is 1. The summed E-state index contributed by atoms with van der Waals surface area (Å²) >= 11 is 3.25. The molecule has 0 radical (unpaired) electrons. The third-order valence-electron chi connectivity index (χ3n) is 2.34. The Morgan fingerprint density at radius 3 is 2.67 bits per heavy atom. The normalized spacial score (nSPS) is 11.5. The summed E-state index contributed by atoms with van der Waals surface area (Å²) in [6, 6.07) is 3.45. The van der Waals surface area contributed by atoms with Crippen LogP contribution in [0.2, 0.25) is 0 Å². The number of hydrogen-bond acceptors (Lipinski definition) is 4. The van der Waals surface area contributed by atoms with Crippen LogP contribution in [0.3, 0.4) is 0 Å². The van der Waals surface area contributed by atoms with Gasteiger partial charge in [0.15, 0.2) is 11.5 Å². The lowest BCUT2D eigenvalue weighted by Crippen LogP contribution is -2.32. The standard InChI is InChI=1S/C15H20BrNO4/c1-15(2,3)21-14(19)17-7-5-6-10-8-11(16)13(18)12(9-10)20-4/h5-6,8-9,18H,7H2,1-4H3,(H,17,19). The molecule has 0 bridgehead atoms. The molecule has 1 aromatic rings. The maximum atomic E-state index is 11.4. The first-order valence-corrected chi connectivity index (χ1v) is 7.22. The number of alkyl carbamates (subject to hydrolysis) is 1. The maximum absolute atomic E-state index is 11.4. The van der Waals surface area contributed by atoms with Crippen LogP contribution in [0.15, 0.2) is 22.7 Å². The molecule has 0 fully saturated rings. The van der Waals surface area contributed by atoms with Crippen molar-refractivity contribution in [1.82, 2.24) is 5.32 Å². The topological polar surface area (TPSA) is 67.8 Å². The van der Waals surface area contributed by atoms with Crippen LogP contribution in [0.5, 0.6) is 11.5 Å². The molecule has 0 atom stereocenters. The average molecular weight is 358 g/mol. The summed E-state index contributed by atoms with van der Waals surface area (Å²) in [5, 5.41) is 12.3. The number of hydrogen-bond donors (Lipinski definition) is 2. The Morgan fingerprint density at radius 1 is 1.43 bits per heavy atom. The summed E-state index contributed by atoms with van der Waals surface area (Å²) in [7, 11) is 1.49. The highest BCUT2D eigenvalue weighted by Crippen LogP contribution is 2.35. The minimum Gasteiger partial charge on any atom is -0.503 e. The summed E-state index contributed by atoms with van der Waals surface area (Å²) in [5.41, 5.74) is 0.325. The van der Waals surface area contributed by atoms with Crippen molar-refractivity contribution < 1.29 is 19.4 Å². The van der Waals surface area contributed by atoms with Gasteiger partial charge in [-0.1, -0.05) is 12.2 Å². The molecule has 1 amide bonds. The van der Waals surface area contributed by atoms with Gasteiger partial charge in [-0.05, 0) is 54.4 Å². The number of benzene rings is 1. The van der Waals surface area contributed by atoms with Crippen molar-refractivity contribution in [2.45, 2.75) is 26.4 Å². The van der Waals surface area contributed by atoms with E-state index in [0.29, 0.717) is 16.8 Å². The molecule has 0 aromatic heterocycles. The minimum atomic E-state index is -0.511. The maximum Gasteiger partial charge on any atom is 0.407 e. The molecule has 2 N–H and O–H groups in total. The molecule has 21 heavy (non-hydrogen) atoms. The third kappa shape index (κ3) is 6.08. The van der Waals surface area contributed by atoms with Crippen molar-refractivity contribution in [3.63, 3.8) is 0 Å². The van der Waals surface area contributed by atoms with Gasteiger partial charge in [0.1, 0.15) is 5.60 Å². The van der Waals surface area contributed by atoms with Crippen LogP contribution in [0.4, 0.5) is 4.79 Å². The number of halogens is 1. The monoisotopic (exact) mass is 357 g/mol. The van der Waals surface area contributed by atoms with E-state index in [1.165, 1.54) is 7.11 Å². The van der Waals surface area contributed by atoms with Gasteiger partial charge in [0.2, 0.25) is 0 Å². The van der Waals surface area contributed by atoms with Crippen LogP contribution < -0.4 is 10.1 Å². The van der Waals surface area contributed by atoms with Gasteiger partial charge >= 0.3 is 6.09 Å². The summed E-state index contributed by atoms with van der Waals surface area (Å²) in [6.45, 7) is 5.77. The van der Waals surface area contributed by atoms with Crippen molar-refractivity contribution >= 4 is 28.1 Å². The number of amides is 1. The van der Waals surface area contributed by atoms with E-state index < -0.39 is 11.7 Å². The van der Waals surface area contributed by atoms with Crippen LogP contribution in [0, 0.1) is 0 Å². The molecule has 0 saturated carbocycles. The largest absolute Gasteiger partial charge is 0.503 e. The van der Waals surface area contributed by atoms with Crippen molar-refractivity contribution in [2.75, 3.05) is 13.7 Å². The quantitative estimate of drug-likeness (QED) is 0.861. The van der Waals surface area contributed by atoms with Crippen LogP contribution >= 0.6 is 15.9 Å². The fourth-order valence-electron chi connectivity index (χ4n) is 1.50. The molecule has 0 aliphatic heterocycles. The second kappa shape index (κ2) is 7.36. The first-order chi connectivity index (χ1) is 9.73. The molecule has 1 rings (SSSR count). The van der Waals surface area contributed by atoms with E-state index in [4.69, 9.17) is 9.47 Å². The van der Waals surface area contributed by atoms with Gasteiger partial charge in [-0.15, -0.1) is 0 Å². The zero-order valence-electron chi connectivity index (χ0n) is 12.6. The Bertz CT molecular complexity index is 535. The SMILES string of the molecule is COc1cc(C=CCNC(=O)OC(C)(C)C)cc(Br)c1O. The Labute approximate surface area is 133 Å². The fraction of sp³-hybridized carbons (Fsp3) is 0.400. The van der Waals surface area contributed by atoms with Crippen LogP contribution in [0.25, 0.3) is 6.08 Å². The predicted octanol–water partition coefficient (Wildman–Crippen LogP) is 3.70. The Balaban J connectivity index is 2.58. The third-order valence-corrected chi connectivity index (χ3v) is 2.95. The second-order valence-electron chi connectivity index (χ2n) is 5.34. The lowest BCUT2D eigenvalue weighted by molar-refractivity contribution is 0.0534. The highest BCUT2D eigenvalue weighted by Gasteiger charge is 2.15. The first kappa shape index (κ1) is 17.4.